The second-order valence-electron chi connectivity index (χ2n) is 6.53. The highest BCUT2D eigenvalue weighted by molar-refractivity contribution is 6.33. The van der Waals surface area contributed by atoms with Gasteiger partial charge in [0.1, 0.15) is 12.0 Å². The maximum atomic E-state index is 13.2. The van der Waals surface area contributed by atoms with Crippen molar-refractivity contribution in [1.82, 2.24) is 9.88 Å². The van der Waals surface area contributed by atoms with Gasteiger partial charge in [0.25, 0.3) is 5.91 Å². The van der Waals surface area contributed by atoms with E-state index in [0.29, 0.717) is 22.8 Å². The zero-order valence-corrected chi connectivity index (χ0v) is 15.4. The predicted octanol–water partition coefficient (Wildman–Crippen LogP) is 4.95. The molecular weight excluding hydrogens is 365 g/mol. The van der Waals surface area contributed by atoms with Gasteiger partial charge in [0, 0.05) is 12.7 Å². The summed E-state index contributed by atoms with van der Waals surface area (Å²) in [6.07, 6.45) is 1.21. The van der Waals surface area contributed by atoms with Crippen LogP contribution in [0.15, 0.2) is 60.8 Å². The van der Waals surface area contributed by atoms with Gasteiger partial charge in [-0.2, -0.15) is 0 Å². The molecule has 0 radical (unpaired) electrons. The van der Waals surface area contributed by atoms with Gasteiger partial charge in [-0.1, -0.05) is 29.8 Å². The molecule has 0 saturated carbocycles. The molecule has 1 aliphatic rings. The molecule has 0 bridgehead atoms. The van der Waals surface area contributed by atoms with Crippen molar-refractivity contribution in [3.05, 3.63) is 94.0 Å². The van der Waals surface area contributed by atoms with Crippen molar-refractivity contribution < 1.29 is 9.18 Å². The molecule has 0 fully saturated rings. The van der Waals surface area contributed by atoms with Gasteiger partial charge in [0.05, 0.1) is 22.0 Å². The molecule has 1 aromatic heterocycles. The largest absolute Gasteiger partial charge is 0.359 e. The summed E-state index contributed by atoms with van der Waals surface area (Å²) in [5, 5.41) is 3.92. The Bertz CT molecular complexity index is 1010. The number of rotatable bonds is 4. The lowest BCUT2D eigenvalue weighted by Gasteiger charge is -2.27. The fraction of sp³-hybridized carbons (Fsp3) is 0.143. The van der Waals surface area contributed by atoms with Crippen LogP contribution in [0.5, 0.6) is 0 Å². The minimum absolute atomic E-state index is 0.122. The van der Waals surface area contributed by atoms with Crippen molar-refractivity contribution in [2.45, 2.75) is 19.6 Å². The number of anilines is 1. The van der Waals surface area contributed by atoms with Crippen molar-refractivity contribution in [1.29, 1.82) is 0 Å². The van der Waals surface area contributed by atoms with Crippen molar-refractivity contribution in [3.63, 3.8) is 0 Å². The monoisotopic (exact) mass is 381 g/mol. The normalized spacial score (nSPS) is 15.7. The van der Waals surface area contributed by atoms with E-state index in [0.717, 1.165) is 16.8 Å². The minimum atomic E-state index is -0.459. The number of amides is 1. The van der Waals surface area contributed by atoms with E-state index >= 15 is 0 Å². The van der Waals surface area contributed by atoms with E-state index in [-0.39, 0.29) is 11.7 Å². The van der Waals surface area contributed by atoms with Crippen LogP contribution < -0.4 is 5.32 Å². The average Bonchev–Trinajstić information content (AvgIpc) is 2.92. The maximum absolute atomic E-state index is 13.2. The van der Waals surface area contributed by atoms with E-state index < -0.39 is 6.17 Å². The Kier molecular flexibility index (Phi) is 4.54. The van der Waals surface area contributed by atoms with Gasteiger partial charge >= 0.3 is 0 Å². The second-order valence-corrected chi connectivity index (χ2v) is 6.93. The zero-order chi connectivity index (χ0) is 19.0. The van der Waals surface area contributed by atoms with E-state index in [4.69, 9.17) is 11.6 Å². The van der Waals surface area contributed by atoms with E-state index in [2.05, 4.69) is 10.3 Å². The van der Waals surface area contributed by atoms with Gasteiger partial charge in [-0.3, -0.25) is 9.78 Å². The molecule has 1 aliphatic heterocycles. The van der Waals surface area contributed by atoms with Crippen LogP contribution >= 0.6 is 11.6 Å². The van der Waals surface area contributed by atoms with Crippen molar-refractivity contribution in [3.8, 4) is 0 Å². The Hall–Kier alpha value is -2.92. The Morgan fingerprint density at radius 3 is 2.70 bits per heavy atom. The van der Waals surface area contributed by atoms with Crippen LogP contribution in [-0.4, -0.2) is 15.8 Å². The molecule has 2 heterocycles. The van der Waals surface area contributed by atoms with E-state index in [1.54, 1.807) is 35.4 Å². The molecule has 1 atom stereocenters. The summed E-state index contributed by atoms with van der Waals surface area (Å²) >= 11 is 6.37. The van der Waals surface area contributed by atoms with E-state index in [9.17, 15) is 9.18 Å². The number of hydrogen-bond acceptors (Lipinski definition) is 3. The lowest BCUT2D eigenvalue weighted by atomic mass is 10.2. The number of carbonyl (C=O) groups is 1. The molecule has 27 heavy (non-hydrogen) atoms. The van der Waals surface area contributed by atoms with Crippen molar-refractivity contribution in [2.75, 3.05) is 5.32 Å². The Labute approximate surface area is 161 Å². The Morgan fingerprint density at radius 1 is 1.19 bits per heavy atom. The third-order valence-corrected chi connectivity index (χ3v) is 4.90. The minimum Gasteiger partial charge on any atom is -0.359 e. The molecule has 1 amide bonds. The molecule has 0 saturated heterocycles. The van der Waals surface area contributed by atoms with Crippen LogP contribution in [0.25, 0.3) is 0 Å². The number of fused-ring (bicyclic) bond motifs is 1. The average molecular weight is 382 g/mol. The molecule has 3 aromatic rings. The summed E-state index contributed by atoms with van der Waals surface area (Å²) in [5.41, 5.74) is 3.82. The molecule has 4 nitrogen and oxygen atoms in total. The summed E-state index contributed by atoms with van der Waals surface area (Å²) in [5.74, 6) is -0.430. The SMILES string of the molecule is Cc1ccc(N[C@H]2c3ncccc3C(=O)N2Cc2ccc(F)cc2)c(Cl)c1. The van der Waals surface area contributed by atoms with E-state index in [1.807, 2.05) is 25.1 Å². The maximum Gasteiger partial charge on any atom is 0.258 e. The molecule has 2 aromatic carbocycles. The quantitative estimate of drug-likeness (QED) is 0.695. The molecule has 1 N–H and O–H groups in total. The molecule has 136 valence electrons. The van der Waals surface area contributed by atoms with Crippen LogP contribution in [-0.2, 0) is 6.54 Å². The van der Waals surface area contributed by atoms with Crippen LogP contribution in [0.2, 0.25) is 5.02 Å². The fourth-order valence-corrected chi connectivity index (χ4v) is 3.51. The van der Waals surface area contributed by atoms with Gasteiger partial charge in [0.2, 0.25) is 0 Å². The standard InChI is InChI=1S/C21H17ClFN3O/c1-13-4-9-18(17(22)11-13)25-20-19-16(3-2-10-24-19)21(27)26(20)12-14-5-7-15(23)8-6-14/h2-11,20,25H,12H2,1H3/t20-/m1/s1. The predicted molar refractivity (Wildman–Crippen MR) is 103 cm³/mol. The Balaban J connectivity index is 1.70. The summed E-state index contributed by atoms with van der Waals surface area (Å²) in [7, 11) is 0. The van der Waals surface area contributed by atoms with Crippen LogP contribution in [0.3, 0.4) is 0 Å². The van der Waals surface area contributed by atoms with Crippen LogP contribution in [0.1, 0.15) is 33.3 Å². The smallest absolute Gasteiger partial charge is 0.258 e. The highest BCUT2D eigenvalue weighted by Crippen LogP contribution is 2.36. The van der Waals surface area contributed by atoms with Gasteiger partial charge in [-0.25, -0.2) is 4.39 Å². The Morgan fingerprint density at radius 2 is 1.96 bits per heavy atom. The molecule has 0 aliphatic carbocycles. The van der Waals surface area contributed by atoms with Crippen molar-refractivity contribution >= 4 is 23.2 Å². The number of pyridine rings is 1. The first kappa shape index (κ1) is 17.5. The first-order valence-corrected chi connectivity index (χ1v) is 8.94. The second kappa shape index (κ2) is 7.00. The van der Waals surface area contributed by atoms with E-state index in [1.165, 1.54) is 12.1 Å². The molecule has 4 rings (SSSR count). The number of carbonyl (C=O) groups excluding carboxylic acids is 1. The number of nitrogens with one attached hydrogen (secondary N) is 1. The number of hydrogen-bond donors (Lipinski definition) is 1. The number of aromatic nitrogens is 1. The van der Waals surface area contributed by atoms with Gasteiger partial charge in [0.15, 0.2) is 0 Å². The van der Waals surface area contributed by atoms with Gasteiger partial charge in [-0.15, -0.1) is 0 Å². The number of nitrogens with zero attached hydrogens (tertiary/aromatic N) is 2. The summed E-state index contributed by atoms with van der Waals surface area (Å²) in [6, 6.07) is 15.3. The number of halogens is 2. The number of benzene rings is 2. The molecule has 6 heteroatoms. The summed E-state index contributed by atoms with van der Waals surface area (Å²) in [6.45, 7) is 2.29. The van der Waals surface area contributed by atoms with Gasteiger partial charge < -0.3 is 10.2 Å². The lowest BCUT2D eigenvalue weighted by molar-refractivity contribution is 0.0727. The third-order valence-electron chi connectivity index (χ3n) is 4.58. The summed E-state index contributed by atoms with van der Waals surface area (Å²) in [4.78, 5) is 19.0. The molecule has 0 spiro atoms. The van der Waals surface area contributed by atoms with Crippen LogP contribution in [0.4, 0.5) is 10.1 Å². The first-order chi connectivity index (χ1) is 13.0. The first-order valence-electron chi connectivity index (χ1n) is 8.56. The fourth-order valence-electron chi connectivity index (χ4n) is 3.22. The molecule has 0 unspecified atom stereocenters. The molecular formula is C21H17ClFN3O. The summed E-state index contributed by atoms with van der Waals surface area (Å²) < 4.78 is 13.2. The van der Waals surface area contributed by atoms with Crippen molar-refractivity contribution in [2.24, 2.45) is 0 Å². The zero-order valence-electron chi connectivity index (χ0n) is 14.6. The lowest BCUT2D eigenvalue weighted by Crippen LogP contribution is -2.32. The highest BCUT2D eigenvalue weighted by atomic mass is 35.5. The van der Waals surface area contributed by atoms with Crippen LogP contribution in [0, 0.1) is 12.7 Å². The topological polar surface area (TPSA) is 45.2 Å². The third kappa shape index (κ3) is 3.38. The highest BCUT2D eigenvalue weighted by Gasteiger charge is 2.38. The number of aryl methyl sites for hydroxylation is 1. The van der Waals surface area contributed by atoms with Gasteiger partial charge in [-0.05, 0) is 54.4 Å².